The van der Waals surface area contributed by atoms with E-state index in [1.165, 1.54) is 0 Å². The first-order chi connectivity index (χ1) is 5.11. The third-order valence-electron chi connectivity index (χ3n) is 1.82. The highest BCUT2D eigenvalue weighted by molar-refractivity contribution is 5.13. The van der Waals surface area contributed by atoms with E-state index in [4.69, 9.17) is 14.2 Å². The van der Waals surface area contributed by atoms with Gasteiger partial charge in [0.1, 0.15) is 0 Å². The van der Waals surface area contributed by atoms with E-state index in [2.05, 4.69) is 0 Å². The number of hydrogen-bond acceptors (Lipinski definition) is 3. The fourth-order valence-electron chi connectivity index (χ4n) is 1.16. The van der Waals surface area contributed by atoms with Crippen LogP contribution in [-0.4, -0.2) is 26.3 Å². The molecule has 2 atom stereocenters. The Morgan fingerprint density at radius 3 is 2.45 bits per heavy atom. The molecule has 0 radical (unpaired) electrons. The second-order valence-electron chi connectivity index (χ2n) is 2.79. The lowest BCUT2D eigenvalue weighted by molar-refractivity contribution is -0.234. The molecule has 3 nitrogen and oxygen atoms in total. The fraction of sp³-hybridized carbons (Fsp3) is 0.750. The minimum absolute atomic E-state index is 0.250. The summed E-state index contributed by atoms with van der Waals surface area (Å²) in [4.78, 5) is 0. The van der Waals surface area contributed by atoms with E-state index in [-0.39, 0.29) is 6.29 Å². The van der Waals surface area contributed by atoms with Gasteiger partial charge in [0.2, 0.25) is 0 Å². The molecule has 64 valence electrons. The quantitative estimate of drug-likeness (QED) is 0.567. The summed E-state index contributed by atoms with van der Waals surface area (Å²) in [5, 5.41) is 0. The van der Waals surface area contributed by atoms with E-state index in [1.54, 1.807) is 14.2 Å². The molecule has 1 aliphatic rings. The standard InChI is InChI=1S/C8H14O3/c1-6-5-8(2,10-4)11-7(6)9-3/h5,7H,1-4H3. The van der Waals surface area contributed by atoms with Crippen LogP contribution in [0.2, 0.25) is 0 Å². The van der Waals surface area contributed by atoms with Crippen molar-refractivity contribution in [1.29, 1.82) is 0 Å². The molecule has 0 saturated heterocycles. The van der Waals surface area contributed by atoms with Gasteiger partial charge < -0.3 is 14.2 Å². The van der Waals surface area contributed by atoms with Crippen LogP contribution in [-0.2, 0) is 14.2 Å². The van der Waals surface area contributed by atoms with Crippen LogP contribution in [0.5, 0.6) is 0 Å². The van der Waals surface area contributed by atoms with Gasteiger partial charge in [0.15, 0.2) is 12.1 Å². The Hall–Kier alpha value is -0.380. The molecule has 0 bridgehead atoms. The summed E-state index contributed by atoms with van der Waals surface area (Å²) in [5.74, 6) is -0.606. The molecule has 0 N–H and O–H groups in total. The SMILES string of the molecule is COC1OC(C)(OC)C=C1C. The zero-order valence-corrected chi connectivity index (χ0v) is 7.38. The number of ether oxygens (including phenoxy) is 3. The Bertz CT molecular complexity index is 176. The molecule has 2 unspecified atom stereocenters. The van der Waals surface area contributed by atoms with Gasteiger partial charge in [0.05, 0.1) is 0 Å². The van der Waals surface area contributed by atoms with Gasteiger partial charge in [-0.1, -0.05) is 0 Å². The molecule has 0 aromatic carbocycles. The van der Waals surface area contributed by atoms with E-state index in [0.717, 1.165) is 5.57 Å². The van der Waals surface area contributed by atoms with Crippen molar-refractivity contribution < 1.29 is 14.2 Å². The van der Waals surface area contributed by atoms with Gasteiger partial charge in [-0.25, -0.2) is 0 Å². The van der Waals surface area contributed by atoms with Crippen LogP contribution in [0.25, 0.3) is 0 Å². The highest BCUT2D eigenvalue weighted by Crippen LogP contribution is 2.28. The van der Waals surface area contributed by atoms with Crippen LogP contribution >= 0.6 is 0 Å². The summed E-state index contributed by atoms with van der Waals surface area (Å²) in [6.07, 6.45) is 1.67. The van der Waals surface area contributed by atoms with Crippen LogP contribution in [0.4, 0.5) is 0 Å². The van der Waals surface area contributed by atoms with E-state index >= 15 is 0 Å². The maximum absolute atomic E-state index is 5.42. The third kappa shape index (κ3) is 1.61. The molecule has 0 aromatic rings. The summed E-state index contributed by atoms with van der Waals surface area (Å²) in [6, 6.07) is 0. The average Bonchev–Trinajstić information content (AvgIpc) is 2.27. The minimum Gasteiger partial charge on any atom is -0.352 e. The summed E-state index contributed by atoms with van der Waals surface area (Å²) in [7, 11) is 3.23. The molecule has 1 rings (SSSR count). The minimum atomic E-state index is -0.606. The Kier molecular flexibility index (Phi) is 2.32. The number of methoxy groups -OCH3 is 2. The lowest BCUT2D eigenvalue weighted by atomic mass is 10.2. The highest BCUT2D eigenvalue weighted by Gasteiger charge is 2.34. The fourth-order valence-corrected chi connectivity index (χ4v) is 1.16. The molecule has 0 saturated carbocycles. The largest absolute Gasteiger partial charge is 0.352 e. The molecule has 0 spiro atoms. The molecule has 3 heteroatoms. The first kappa shape index (κ1) is 8.71. The molecular weight excluding hydrogens is 144 g/mol. The average molecular weight is 158 g/mol. The maximum Gasteiger partial charge on any atom is 0.188 e. The van der Waals surface area contributed by atoms with Crippen molar-refractivity contribution in [1.82, 2.24) is 0 Å². The summed E-state index contributed by atoms with van der Waals surface area (Å²) in [6.45, 7) is 3.81. The van der Waals surface area contributed by atoms with Crippen LogP contribution < -0.4 is 0 Å². The van der Waals surface area contributed by atoms with Crippen molar-refractivity contribution in [3.05, 3.63) is 11.6 Å². The van der Waals surface area contributed by atoms with E-state index in [9.17, 15) is 0 Å². The van der Waals surface area contributed by atoms with E-state index < -0.39 is 5.79 Å². The highest BCUT2D eigenvalue weighted by atomic mass is 16.8. The van der Waals surface area contributed by atoms with Gasteiger partial charge in [0, 0.05) is 14.2 Å². The van der Waals surface area contributed by atoms with Crippen molar-refractivity contribution in [3.8, 4) is 0 Å². The van der Waals surface area contributed by atoms with Gasteiger partial charge in [-0.3, -0.25) is 0 Å². The first-order valence-electron chi connectivity index (χ1n) is 3.56. The molecule has 0 aliphatic carbocycles. The maximum atomic E-state index is 5.42. The zero-order chi connectivity index (χ0) is 8.48. The number of hydrogen-bond donors (Lipinski definition) is 0. The van der Waals surface area contributed by atoms with Crippen molar-refractivity contribution in [3.63, 3.8) is 0 Å². The normalized spacial score (nSPS) is 37.5. The van der Waals surface area contributed by atoms with Crippen LogP contribution in [0.3, 0.4) is 0 Å². The van der Waals surface area contributed by atoms with Crippen molar-refractivity contribution in [2.75, 3.05) is 14.2 Å². The lowest BCUT2D eigenvalue weighted by Crippen LogP contribution is -2.28. The predicted molar refractivity (Wildman–Crippen MR) is 41.1 cm³/mol. The molecule has 11 heavy (non-hydrogen) atoms. The Morgan fingerprint density at radius 1 is 1.55 bits per heavy atom. The van der Waals surface area contributed by atoms with Crippen molar-refractivity contribution >= 4 is 0 Å². The van der Waals surface area contributed by atoms with Crippen molar-refractivity contribution in [2.45, 2.75) is 25.9 Å². The molecule has 0 aromatic heterocycles. The Balaban J connectivity index is 2.69. The summed E-state index contributed by atoms with van der Waals surface area (Å²) in [5.41, 5.74) is 1.05. The molecule has 0 fully saturated rings. The Morgan fingerprint density at radius 2 is 2.18 bits per heavy atom. The zero-order valence-electron chi connectivity index (χ0n) is 7.38. The first-order valence-corrected chi connectivity index (χ1v) is 3.56. The topological polar surface area (TPSA) is 27.7 Å². The second-order valence-corrected chi connectivity index (χ2v) is 2.79. The van der Waals surface area contributed by atoms with Crippen molar-refractivity contribution in [2.24, 2.45) is 0 Å². The monoisotopic (exact) mass is 158 g/mol. The summed E-state index contributed by atoms with van der Waals surface area (Å²) >= 11 is 0. The molecule has 1 aliphatic heterocycles. The van der Waals surface area contributed by atoms with Gasteiger partial charge in [-0.05, 0) is 25.5 Å². The molecular formula is C8H14O3. The van der Waals surface area contributed by atoms with Gasteiger partial charge in [0.25, 0.3) is 0 Å². The Labute approximate surface area is 66.9 Å². The molecule has 0 amide bonds. The summed E-state index contributed by atoms with van der Waals surface area (Å²) < 4.78 is 15.6. The van der Waals surface area contributed by atoms with E-state index in [0.29, 0.717) is 0 Å². The van der Waals surface area contributed by atoms with Crippen LogP contribution in [0.1, 0.15) is 13.8 Å². The second kappa shape index (κ2) is 2.93. The number of rotatable bonds is 2. The smallest absolute Gasteiger partial charge is 0.188 e. The van der Waals surface area contributed by atoms with Crippen LogP contribution in [0, 0.1) is 0 Å². The van der Waals surface area contributed by atoms with Crippen LogP contribution in [0.15, 0.2) is 11.6 Å². The molecule has 1 heterocycles. The van der Waals surface area contributed by atoms with Gasteiger partial charge in [-0.15, -0.1) is 0 Å². The van der Waals surface area contributed by atoms with E-state index in [1.807, 2.05) is 19.9 Å². The lowest BCUT2D eigenvalue weighted by Gasteiger charge is -2.21. The third-order valence-corrected chi connectivity index (χ3v) is 1.82. The van der Waals surface area contributed by atoms with Gasteiger partial charge in [-0.2, -0.15) is 0 Å². The van der Waals surface area contributed by atoms with Gasteiger partial charge >= 0.3 is 0 Å². The predicted octanol–water partition coefficient (Wildman–Crippen LogP) is 1.30.